The Labute approximate surface area is 253 Å². The number of carbonyl (C=O) groups excluding carboxylic acids is 1. The van der Waals surface area contributed by atoms with Gasteiger partial charge in [-0.2, -0.15) is 0 Å². The summed E-state index contributed by atoms with van der Waals surface area (Å²) in [6.45, 7) is 11.6. The number of anilines is 1. The molecular formula is C33H43FN4O5. The van der Waals surface area contributed by atoms with Gasteiger partial charge in [0.2, 0.25) is 0 Å². The number of hydrogen-bond acceptors (Lipinski definition) is 7. The molecule has 2 fully saturated rings. The molecule has 2 heterocycles. The molecule has 3 unspecified atom stereocenters. The van der Waals surface area contributed by atoms with Gasteiger partial charge in [0, 0.05) is 49.4 Å². The van der Waals surface area contributed by atoms with Crippen molar-refractivity contribution in [3.63, 3.8) is 0 Å². The number of ether oxygens (including phenoxy) is 4. The normalized spacial score (nSPS) is 22.1. The van der Waals surface area contributed by atoms with Gasteiger partial charge in [-0.05, 0) is 62.8 Å². The Hall–Kier alpha value is -3.63. The first-order valence-electron chi connectivity index (χ1n) is 15.1. The lowest BCUT2D eigenvalue weighted by molar-refractivity contribution is -0.0699. The number of carbonyl (C=O) groups is 1. The largest absolute Gasteiger partial charge is 0.493 e. The number of urea groups is 1. The van der Waals surface area contributed by atoms with E-state index in [0.717, 1.165) is 45.3 Å². The van der Waals surface area contributed by atoms with Crippen LogP contribution >= 0.6 is 0 Å². The molecule has 1 aliphatic carbocycles. The average molecular weight is 595 g/mol. The topological polar surface area (TPSA) is 94.2 Å². The molecule has 3 atom stereocenters. The van der Waals surface area contributed by atoms with Crippen molar-refractivity contribution in [2.24, 2.45) is 5.41 Å². The van der Waals surface area contributed by atoms with Gasteiger partial charge in [0.1, 0.15) is 23.9 Å². The zero-order chi connectivity index (χ0) is 30.6. The molecule has 1 saturated carbocycles. The highest BCUT2D eigenvalue weighted by molar-refractivity contribution is 5.90. The number of nitrogens with one attached hydrogen (secondary N) is 2. The van der Waals surface area contributed by atoms with Crippen LogP contribution in [0.2, 0.25) is 0 Å². The van der Waals surface area contributed by atoms with Gasteiger partial charge in [0.25, 0.3) is 0 Å². The third kappa shape index (κ3) is 8.06. The van der Waals surface area contributed by atoms with Crippen LogP contribution in [-0.4, -0.2) is 67.5 Å². The van der Waals surface area contributed by atoms with Crippen molar-refractivity contribution < 1.29 is 28.1 Å². The number of amides is 2. The Morgan fingerprint density at radius 1 is 1.12 bits per heavy atom. The summed E-state index contributed by atoms with van der Waals surface area (Å²) in [4.78, 5) is 19.4. The Bertz CT molecular complexity index is 1420. The van der Waals surface area contributed by atoms with E-state index in [2.05, 4.69) is 48.2 Å². The fourth-order valence-electron chi connectivity index (χ4n) is 6.19. The number of aromatic nitrogens is 1. The van der Waals surface area contributed by atoms with Crippen LogP contribution in [0.1, 0.15) is 53.4 Å². The van der Waals surface area contributed by atoms with Gasteiger partial charge < -0.3 is 29.6 Å². The number of morpholine rings is 1. The minimum Gasteiger partial charge on any atom is -0.493 e. The Morgan fingerprint density at radius 2 is 1.91 bits per heavy atom. The molecule has 10 heteroatoms. The number of pyridine rings is 1. The molecule has 0 spiro atoms. The fourth-order valence-corrected chi connectivity index (χ4v) is 6.19. The third-order valence-corrected chi connectivity index (χ3v) is 8.10. The van der Waals surface area contributed by atoms with Crippen molar-refractivity contribution in [2.45, 2.75) is 71.6 Å². The maximum atomic E-state index is 15.0. The standard InChI is InChI=1S/C33H43FN4O5/c1-21-19-38(20-22(2)42-21)13-14-41-31-17-28-25(16-30(31)40-5)29(10-12-35-28)43-24-8-9-27(26(34)15-24)37-32(39)36-23-7-6-11-33(3,4)18-23/h8-10,12,15-17,21-23H,6-7,11,13-14,18-20H2,1-5H3,(H2,36,37,39). The summed E-state index contributed by atoms with van der Waals surface area (Å²) in [5, 5.41) is 6.32. The molecule has 2 aromatic carbocycles. The van der Waals surface area contributed by atoms with E-state index >= 15 is 4.39 Å². The number of halogens is 1. The maximum Gasteiger partial charge on any atom is 0.319 e. The highest BCUT2D eigenvalue weighted by Crippen LogP contribution is 2.38. The third-order valence-electron chi connectivity index (χ3n) is 8.10. The van der Waals surface area contributed by atoms with E-state index in [0.29, 0.717) is 40.5 Å². The summed E-state index contributed by atoms with van der Waals surface area (Å²) in [6, 6.07) is 9.40. The number of benzene rings is 2. The summed E-state index contributed by atoms with van der Waals surface area (Å²) in [7, 11) is 1.59. The zero-order valence-corrected chi connectivity index (χ0v) is 25.7. The van der Waals surface area contributed by atoms with Crippen molar-refractivity contribution in [3.05, 3.63) is 48.4 Å². The van der Waals surface area contributed by atoms with Crippen molar-refractivity contribution in [2.75, 3.05) is 38.7 Å². The van der Waals surface area contributed by atoms with Crippen LogP contribution < -0.4 is 24.8 Å². The van der Waals surface area contributed by atoms with Crippen molar-refractivity contribution in [3.8, 4) is 23.0 Å². The average Bonchev–Trinajstić information content (AvgIpc) is 2.93. The number of fused-ring (bicyclic) bond motifs is 1. The quantitative estimate of drug-likeness (QED) is 0.283. The summed E-state index contributed by atoms with van der Waals surface area (Å²) in [5.41, 5.74) is 0.934. The van der Waals surface area contributed by atoms with Crippen LogP contribution in [0, 0.1) is 11.2 Å². The molecule has 0 bridgehead atoms. The molecule has 5 rings (SSSR count). The highest BCUT2D eigenvalue weighted by Gasteiger charge is 2.29. The van der Waals surface area contributed by atoms with Crippen LogP contribution in [0.3, 0.4) is 0 Å². The minimum atomic E-state index is -0.590. The first kappa shape index (κ1) is 30.8. The maximum absolute atomic E-state index is 15.0. The van der Waals surface area contributed by atoms with E-state index in [1.165, 1.54) is 12.1 Å². The van der Waals surface area contributed by atoms with Gasteiger partial charge in [-0.3, -0.25) is 9.88 Å². The summed E-state index contributed by atoms with van der Waals surface area (Å²) in [5.74, 6) is 1.33. The lowest BCUT2D eigenvalue weighted by Crippen LogP contribution is -2.46. The zero-order valence-electron chi connectivity index (χ0n) is 25.7. The van der Waals surface area contributed by atoms with Gasteiger partial charge in [-0.15, -0.1) is 0 Å². The predicted octanol–water partition coefficient (Wildman–Crippen LogP) is 6.75. The van der Waals surface area contributed by atoms with Gasteiger partial charge in [-0.25, -0.2) is 9.18 Å². The molecule has 9 nitrogen and oxygen atoms in total. The number of rotatable bonds is 9. The number of hydrogen-bond donors (Lipinski definition) is 2. The minimum absolute atomic E-state index is 0.0784. The summed E-state index contributed by atoms with van der Waals surface area (Å²) < 4.78 is 38.6. The SMILES string of the molecule is COc1cc2c(Oc3ccc(NC(=O)NC4CCCC(C)(C)C4)c(F)c3)ccnc2cc1OCCN1CC(C)OC(C)C1. The Balaban J connectivity index is 1.23. The second-order valence-electron chi connectivity index (χ2n) is 12.5. The van der Waals surface area contributed by atoms with Crippen molar-refractivity contribution in [1.82, 2.24) is 15.2 Å². The van der Waals surface area contributed by atoms with Crippen LogP contribution in [0.5, 0.6) is 23.0 Å². The van der Waals surface area contributed by atoms with Crippen LogP contribution in [-0.2, 0) is 4.74 Å². The molecule has 0 radical (unpaired) electrons. The van der Waals surface area contributed by atoms with Gasteiger partial charge in [-0.1, -0.05) is 20.3 Å². The number of methoxy groups -OCH3 is 1. The van der Waals surface area contributed by atoms with E-state index in [9.17, 15) is 4.79 Å². The second kappa shape index (κ2) is 13.3. The molecule has 3 aromatic rings. The van der Waals surface area contributed by atoms with Crippen molar-refractivity contribution >= 4 is 22.6 Å². The van der Waals surface area contributed by atoms with E-state index in [-0.39, 0.29) is 29.4 Å². The molecule has 1 aliphatic heterocycles. The van der Waals surface area contributed by atoms with Crippen LogP contribution in [0.4, 0.5) is 14.9 Å². The molecule has 2 N–H and O–H groups in total. The molecule has 232 valence electrons. The van der Waals surface area contributed by atoms with E-state index in [1.807, 2.05) is 12.1 Å². The fraction of sp³-hybridized carbons (Fsp3) is 0.515. The molecule has 1 aromatic heterocycles. The van der Waals surface area contributed by atoms with Crippen LogP contribution in [0.25, 0.3) is 10.9 Å². The van der Waals surface area contributed by atoms with Gasteiger partial charge in [0.15, 0.2) is 11.5 Å². The van der Waals surface area contributed by atoms with Gasteiger partial charge >= 0.3 is 6.03 Å². The first-order valence-corrected chi connectivity index (χ1v) is 15.1. The molecule has 2 amide bonds. The Morgan fingerprint density at radius 3 is 2.63 bits per heavy atom. The predicted molar refractivity (Wildman–Crippen MR) is 165 cm³/mol. The molecular weight excluding hydrogens is 551 g/mol. The second-order valence-corrected chi connectivity index (χ2v) is 12.5. The lowest BCUT2D eigenvalue weighted by atomic mass is 9.75. The first-order chi connectivity index (χ1) is 20.6. The van der Waals surface area contributed by atoms with E-state index < -0.39 is 11.8 Å². The lowest BCUT2D eigenvalue weighted by Gasteiger charge is -2.35. The van der Waals surface area contributed by atoms with Crippen LogP contribution in [0.15, 0.2) is 42.6 Å². The van der Waals surface area contributed by atoms with E-state index in [1.54, 1.807) is 25.4 Å². The van der Waals surface area contributed by atoms with Crippen molar-refractivity contribution in [1.29, 1.82) is 0 Å². The molecule has 43 heavy (non-hydrogen) atoms. The molecule has 2 aliphatic rings. The van der Waals surface area contributed by atoms with Gasteiger partial charge in [0.05, 0.1) is 30.5 Å². The summed E-state index contributed by atoms with van der Waals surface area (Å²) in [6.07, 6.45) is 6.07. The van der Waals surface area contributed by atoms with E-state index in [4.69, 9.17) is 18.9 Å². The highest BCUT2D eigenvalue weighted by atomic mass is 19.1. The summed E-state index contributed by atoms with van der Waals surface area (Å²) >= 11 is 0. The monoisotopic (exact) mass is 594 g/mol. The Kier molecular flexibility index (Phi) is 9.56. The number of nitrogens with zero attached hydrogens (tertiary/aromatic N) is 2. The smallest absolute Gasteiger partial charge is 0.319 e. The molecule has 1 saturated heterocycles.